The molecule has 0 fully saturated rings. The van der Waals surface area contributed by atoms with Crippen molar-refractivity contribution < 1.29 is 4.74 Å². The molecule has 0 amide bonds. The van der Waals surface area contributed by atoms with Gasteiger partial charge in [0.1, 0.15) is 0 Å². The lowest BCUT2D eigenvalue weighted by Crippen LogP contribution is -2.36. The van der Waals surface area contributed by atoms with Gasteiger partial charge in [-0.3, -0.25) is 0 Å². The number of benzene rings is 2. The highest BCUT2D eigenvalue weighted by Gasteiger charge is 2.26. The Morgan fingerprint density at radius 1 is 1.05 bits per heavy atom. The summed E-state index contributed by atoms with van der Waals surface area (Å²) >= 11 is 0. The van der Waals surface area contributed by atoms with Gasteiger partial charge in [0, 0.05) is 19.7 Å². The summed E-state index contributed by atoms with van der Waals surface area (Å²) in [5.41, 5.74) is 4.10. The molecule has 0 unspecified atom stereocenters. The van der Waals surface area contributed by atoms with E-state index in [1.807, 2.05) is 0 Å². The van der Waals surface area contributed by atoms with Crippen LogP contribution in [0.1, 0.15) is 29.2 Å². The molecular weight excluding hydrogens is 246 g/mol. The van der Waals surface area contributed by atoms with E-state index in [2.05, 4.69) is 59.9 Å². The fourth-order valence-corrected chi connectivity index (χ4v) is 3.01. The van der Waals surface area contributed by atoms with Crippen LogP contribution in [-0.4, -0.2) is 13.2 Å². The molecule has 1 N–H and O–H groups in total. The smallest absolute Gasteiger partial charge is 0.0838 e. The van der Waals surface area contributed by atoms with E-state index in [0.29, 0.717) is 6.04 Å². The normalized spacial score (nSPS) is 21.4. The Hall–Kier alpha value is -1.64. The van der Waals surface area contributed by atoms with E-state index in [-0.39, 0.29) is 6.10 Å². The molecule has 3 rings (SSSR count). The number of fused-ring (bicyclic) bond motifs is 1. The Bertz CT molecular complexity index is 552. The standard InChI is InChI=1S/C18H21NO/c1-20-18-12-16(11-15-9-5-6-10-17(15)18)19-13-14-7-3-2-4-8-14/h2-10,16,18-19H,11-13H2,1H3/t16-,18-/m1/s1. The van der Waals surface area contributed by atoms with Crippen LogP contribution in [0.5, 0.6) is 0 Å². The van der Waals surface area contributed by atoms with Crippen LogP contribution in [0, 0.1) is 0 Å². The molecule has 0 saturated heterocycles. The summed E-state index contributed by atoms with van der Waals surface area (Å²) < 4.78 is 5.66. The molecule has 0 heterocycles. The molecule has 2 nitrogen and oxygen atoms in total. The van der Waals surface area contributed by atoms with Crippen LogP contribution in [-0.2, 0) is 17.7 Å². The first-order valence-electron chi connectivity index (χ1n) is 7.24. The fourth-order valence-electron chi connectivity index (χ4n) is 3.01. The first-order chi connectivity index (χ1) is 9.86. The molecule has 0 saturated carbocycles. The zero-order valence-corrected chi connectivity index (χ0v) is 11.9. The maximum absolute atomic E-state index is 5.66. The minimum Gasteiger partial charge on any atom is -0.377 e. The summed E-state index contributed by atoms with van der Waals surface area (Å²) in [6, 6.07) is 19.7. The van der Waals surface area contributed by atoms with Gasteiger partial charge in [-0.1, -0.05) is 54.6 Å². The summed E-state index contributed by atoms with van der Waals surface area (Å²) in [6.45, 7) is 0.921. The molecule has 20 heavy (non-hydrogen) atoms. The maximum Gasteiger partial charge on any atom is 0.0838 e. The molecule has 0 aliphatic heterocycles. The summed E-state index contributed by atoms with van der Waals surface area (Å²) in [4.78, 5) is 0. The number of hydrogen-bond donors (Lipinski definition) is 1. The lowest BCUT2D eigenvalue weighted by atomic mass is 9.86. The van der Waals surface area contributed by atoms with Gasteiger partial charge in [0.15, 0.2) is 0 Å². The van der Waals surface area contributed by atoms with Crippen LogP contribution in [0.4, 0.5) is 0 Å². The fraction of sp³-hybridized carbons (Fsp3) is 0.333. The monoisotopic (exact) mass is 267 g/mol. The zero-order valence-electron chi connectivity index (χ0n) is 11.9. The van der Waals surface area contributed by atoms with Crippen molar-refractivity contribution in [3.63, 3.8) is 0 Å². The molecule has 0 bridgehead atoms. The van der Waals surface area contributed by atoms with Crippen molar-refractivity contribution in [2.45, 2.75) is 31.5 Å². The van der Waals surface area contributed by atoms with Gasteiger partial charge in [0.25, 0.3) is 0 Å². The number of hydrogen-bond acceptors (Lipinski definition) is 2. The van der Waals surface area contributed by atoms with Crippen molar-refractivity contribution in [3.8, 4) is 0 Å². The highest BCUT2D eigenvalue weighted by Crippen LogP contribution is 2.32. The number of rotatable bonds is 4. The van der Waals surface area contributed by atoms with Crippen molar-refractivity contribution in [2.75, 3.05) is 7.11 Å². The zero-order chi connectivity index (χ0) is 13.8. The lowest BCUT2D eigenvalue weighted by molar-refractivity contribution is 0.0779. The molecule has 1 aliphatic carbocycles. The first kappa shape index (κ1) is 13.3. The number of nitrogens with one attached hydrogen (secondary N) is 1. The van der Waals surface area contributed by atoms with E-state index in [4.69, 9.17) is 4.74 Å². The van der Waals surface area contributed by atoms with E-state index in [0.717, 1.165) is 19.4 Å². The Morgan fingerprint density at radius 2 is 1.80 bits per heavy atom. The average Bonchev–Trinajstić information content (AvgIpc) is 2.53. The molecule has 0 aromatic heterocycles. The molecule has 104 valence electrons. The minimum absolute atomic E-state index is 0.216. The van der Waals surface area contributed by atoms with Crippen molar-refractivity contribution >= 4 is 0 Å². The highest BCUT2D eigenvalue weighted by molar-refractivity contribution is 5.32. The molecule has 0 radical (unpaired) electrons. The van der Waals surface area contributed by atoms with E-state index in [1.165, 1.54) is 16.7 Å². The van der Waals surface area contributed by atoms with Crippen molar-refractivity contribution in [1.82, 2.24) is 5.32 Å². The van der Waals surface area contributed by atoms with Gasteiger partial charge in [-0.25, -0.2) is 0 Å². The third-order valence-corrected chi connectivity index (χ3v) is 4.09. The van der Waals surface area contributed by atoms with Crippen LogP contribution >= 0.6 is 0 Å². The number of methoxy groups -OCH3 is 1. The van der Waals surface area contributed by atoms with Gasteiger partial charge in [-0.05, 0) is 29.5 Å². The summed E-state index contributed by atoms with van der Waals surface area (Å²) in [7, 11) is 1.81. The lowest BCUT2D eigenvalue weighted by Gasteiger charge is -2.31. The number of ether oxygens (including phenoxy) is 1. The predicted molar refractivity (Wildman–Crippen MR) is 81.6 cm³/mol. The van der Waals surface area contributed by atoms with Crippen molar-refractivity contribution in [1.29, 1.82) is 0 Å². The average molecular weight is 267 g/mol. The third-order valence-electron chi connectivity index (χ3n) is 4.09. The Kier molecular flexibility index (Phi) is 4.14. The van der Waals surface area contributed by atoms with E-state index in [1.54, 1.807) is 7.11 Å². The quantitative estimate of drug-likeness (QED) is 0.915. The highest BCUT2D eigenvalue weighted by atomic mass is 16.5. The summed E-state index contributed by atoms with van der Waals surface area (Å²) in [6.07, 6.45) is 2.34. The second-order valence-corrected chi connectivity index (χ2v) is 5.43. The Balaban J connectivity index is 1.68. The van der Waals surface area contributed by atoms with Gasteiger partial charge in [0.2, 0.25) is 0 Å². The molecule has 1 aliphatic rings. The van der Waals surface area contributed by atoms with Crippen molar-refractivity contribution in [3.05, 3.63) is 71.3 Å². The minimum atomic E-state index is 0.216. The molecule has 0 spiro atoms. The molecule has 2 aromatic carbocycles. The second kappa shape index (κ2) is 6.21. The van der Waals surface area contributed by atoms with Crippen LogP contribution < -0.4 is 5.32 Å². The van der Waals surface area contributed by atoms with E-state index in [9.17, 15) is 0 Å². The molecular formula is C18H21NO. The second-order valence-electron chi connectivity index (χ2n) is 5.43. The van der Waals surface area contributed by atoms with E-state index >= 15 is 0 Å². The van der Waals surface area contributed by atoms with Crippen LogP contribution in [0.3, 0.4) is 0 Å². The van der Waals surface area contributed by atoms with Crippen molar-refractivity contribution in [2.24, 2.45) is 0 Å². The summed E-state index contributed by atoms with van der Waals surface area (Å²) in [5, 5.41) is 3.66. The maximum atomic E-state index is 5.66. The van der Waals surface area contributed by atoms with Gasteiger partial charge in [-0.15, -0.1) is 0 Å². The topological polar surface area (TPSA) is 21.3 Å². The molecule has 2 aromatic rings. The summed E-state index contributed by atoms with van der Waals surface area (Å²) in [5.74, 6) is 0. The van der Waals surface area contributed by atoms with Crippen LogP contribution in [0.2, 0.25) is 0 Å². The Morgan fingerprint density at radius 3 is 2.60 bits per heavy atom. The van der Waals surface area contributed by atoms with Gasteiger partial charge in [0.05, 0.1) is 6.10 Å². The van der Waals surface area contributed by atoms with E-state index < -0.39 is 0 Å². The third kappa shape index (κ3) is 2.92. The molecule has 2 heteroatoms. The first-order valence-corrected chi connectivity index (χ1v) is 7.24. The van der Waals surface area contributed by atoms with Crippen LogP contribution in [0.15, 0.2) is 54.6 Å². The predicted octanol–water partition coefficient (Wildman–Crippen LogP) is 3.48. The van der Waals surface area contributed by atoms with Gasteiger partial charge >= 0.3 is 0 Å². The molecule has 2 atom stereocenters. The Labute approximate surface area is 120 Å². The largest absolute Gasteiger partial charge is 0.377 e. The van der Waals surface area contributed by atoms with Gasteiger partial charge in [-0.2, -0.15) is 0 Å². The van der Waals surface area contributed by atoms with Crippen LogP contribution in [0.25, 0.3) is 0 Å². The van der Waals surface area contributed by atoms with Gasteiger partial charge < -0.3 is 10.1 Å². The SMILES string of the molecule is CO[C@@H]1C[C@H](NCc2ccccc2)Cc2ccccc21.